The molecule has 1 unspecified atom stereocenters. The number of rotatable bonds is 5. The smallest absolute Gasteiger partial charge is 0.257 e. The van der Waals surface area contributed by atoms with Gasteiger partial charge in [0.15, 0.2) is 0 Å². The van der Waals surface area contributed by atoms with E-state index in [1.807, 2.05) is 24.3 Å². The highest BCUT2D eigenvalue weighted by molar-refractivity contribution is 5.95. The van der Waals surface area contributed by atoms with E-state index in [0.717, 1.165) is 18.5 Å². The third-order valence-corrected chi connectivity index (χ3v) is 5.54. The van der Waals surface area contributed by atoms with E-state index in [-0.39, 0.29) is 24.1 Å². The molecule has 1 atom stereocenters. The van der Waals surface area contributed by atoms with Gasteiger partial charge in [0, 0.05) is 32.7 Å². The molecule has 2 saturated heterocycles. The zero-order chi connectivity index (χ0) is 21.1. The molecule has 0 aromatic heterocycles. The van der Waals surface area contributed by atoms with Crippen LogP contribution in [0.1, 0.15) is 15.9 Å². The van der Waals surface area contributed by atoms with E-state index in [2.05, 4.69) is 10.2 Å². The van der Waals surface area contributed by atoms with Crippen LogP contribution in [0.2, 0.25) is 0 Å². The summed E-state index contributed by atoms with van der Waals surface area (Å²) in [6.07, 6.45) is 0.780. The normalized spacial score (nSPS) is 19.2. The van der Waals surface area contributed by atoms with E-state index in [0.29, 0.717) is 37.7 Å². The number of benzene rings is 2. The lowest BCUT2D eigenvalue weighted by Gasteiger charge is -2.43. The van der Waals surface area contributed by atoms with Crippen molar-refractivity contribution in [3.05, 3.63) is 59.4 Å². The summed E-state index contributed by atoms with van der Waals surface area (Å²) in [6.45, 7) is 3.25. The molecule has 2 amide bonds. The number of halogens is 1. The van der Waals surface area contributed by atoms with Crippen molar-refractivity contribution in [2.45, 2.75) is 12.5 Å². The molecule has 0 saturated carbocycles. The molecule has 7 nitrogen and oxygen atoms in total. The van der Waals surface area contributed by atoms with Gasteiger partial charge in [-0.1, -0.05) is 12.1 Å². The van der Waals surface area contributed by atoms with Crippen molar-refractivity contribution in [2.24, 2.45) is 5.73 Å². The maximum Gasteiger partial charge on any atom is 0.257 e. The molecule has 30 heavy (non-hydrogen) atoms. The van der Waals surface area contributed by atoms with Gasteiger partial charge in [-0.15, -0.1) is 0 Å². The van der Waals surface area contributed by atoms with Crippen LogP contribution in [0.3, 0.4) is 0 Å². The van der Waals surface area contributed by atoms with Gasteiger partial charge in [0.2, 0.25) is 5.91 Å². The quantitative estimate of drug-likeness (QED) is 0.775. The first-order valence-electron chi connectivity index (χ1n) is 10.1. The summed E-state index contributed by atoms with van der Waals surface area (Å²) in [5.74, 6) is -0.168. The third kappa shape index (κ3) is 4.29. The Morgan fingerprint density at radius 1 is 1.13 bits per heavy atom. The highest BCUT2D eigenvalue weighted by atomic mass is 19.1. The molecule has 0 spiro atoms. The summed E-state index contributed by atoms with van der Waals surface area (Å²) in [4.78, 5) is 28.7. The Hall–Kier alpha value is -2.97. The molecular weight excluding hydrogens is 387 g/mol. The van der Waals surface area contributed by atoms with Crippen LogP contribution in [-0.4, -0.2) is 66.9 Å². The lowest BCUT2D eigenvalue weighted by molar-refractivity contribution is -0.131. The highest BCUT2D eigenvalue weighted by Crippen LogP contribution is 2.26. The van der Waals surface area contributed by atoms with Crippen LogP contribution < -0.4 is 15.8 Å². The van der Waals surface area contributed by atoms with Crippen LogP contribution in [0, 0.1) is 5.82 Å². The number of carbonyl (C=O) groups is 2. The number of nitrogens with two attached hydrogens (primary N) is 1. The van der Waals surface area contributed by atoms with E-state index in [9.17, 15) is 14.0 Å². The number of piperazine rings is 2. The van der Waals surface area contributed by atoms with Crippen molar-refractivity contribution in [1.82, 2.24) is 15.1 Å². The Kier molecular flexibility index (Phi) is 5.96. The number of hydrogen-bond donors (Lipinski definition) is 2. The molecule has 2 fully saturated rings. The molecule has 2 heterocycles. The molecule has 158 valence electrons. The van der Waals surface area contributed by atoms with Crippen LogP contribution in [0.4, 0.5) is 4.39 Å². The minimum Gasteiger partial charge on any atom is -0.457 e. The molecule has 2 aliphatic rings. The second-order valence-corrected chi connectivity index (χ2v) is 7.52. The molecule has 3 N–H and O–H groups in total. The number of fused-ring (bicyclic) bond motifs is 1. The van der Waals surface area contributed by atoms with Gasteiger partial charge in [-0.2, -0.15) is 0 Å². The van der Waals surface area contributed by atoms with E-state index in [4.69, 9.17) is 10.5 Å². The highest BCUT2D eigenvalue weighted by Gasteiger charge is 2.37. The van der Waals surface area contributed by atoms with Gasteiger partial charge in [0.25, 0.3) is 5.91 Å². The molecule has 0 bridgehead atoms. The van der Waals surface area contributed by atoms with Gasteiger partial charge in [0.05, 0.1) is 5.56 Å². The zero-order valence-electron chi connectivity index (χ0n) is 16.6. The lowest BCUT2D eigenvalue weighted by atomic mass is 10.1. The Balaban J connectivity index is 1.48. The summed E-state index contributed by atoms with van der Waals surface area (Å²) in [6, 6.07) is 11.2. The summed E-state index contributed by atoms with van der Waals surface area (Å²) in [7, 11) is 0. The van der Waals surface area contributed by atoms with Gasteiger partial charge < -0.3 is 20.7 Å². The predicted molar refractivity (Wildman–Crippen MR) is 110 cm³/mol. The molecule has 4 rings (SSSR count). The molecule has 2 aromatic carbocycles. The minimum absolute atomic E-state index is 0.0584. The lowest BCUT2D eigenvalue weighted by Crippen LogP contribution is -2.64. The van der Waals surface area contributed by atoms with Crippen LogP contribution in [0.25, 0.3) is 0 Å². The Morgan fingerprint density at radius 3 is 2.67 bits per heavy atom. The second kappa shape index (κ2) is 8.81. The number of amides is 2. The first-order valence-corrected chi connectivity index (χ1v) is 10.1. The molecule has 2 aliphatic heterocycles. The Morgan fingerprint density at radius 2 is 1.90 bits per heavy atom. The number of carbonyl (C=O) groups excluding carboxylic acids is 2. The predicted octanol–water partition coefficient (Wildman–Crippen LogP) is 1.38. The van der Waals surface area contributed by atoms with Gasteiger partial charge in [-0.3, -0.25) is 14.5 Å². The number of nitrogens with one attached hydrogen (secondary N) is 1. The van der Waals surface area contributed by atoms with Crippen molar-refractivity contribution >= 4 is 11.8 Å². The monoisotopic (exact) mass is 412 g/mol. The first kappa shape index (κ1) is 20.3. The Bertz CT molecular complexity index is 934. The largest absolute Gasteiger partial charge is 0.457 e. The maximum atomic E-state index is 14.5. The average Bonchev–Trinajstić information content (AvgIpc) is 2.76. The summed E-state index contributed by atoms with van der Waals surface area (Å²) < 4.78 is 20.3. The van der Waals surface area contributed by atoms with E-state index >= 15 is 0 Å². The molecular formula is C22H25FN4O3. The van der Waals surface area contributed by atoms with Gasteiger partial charge in [-0.05, 0) is 48.9 Å². The van der Waals surface area contributed by atoms with Crippen molar-refractivity contribution in [2.75, 3.05) is 39.3 Å². The Labute approximate surface area is 174 Å². The molecule has 8 heteroatoms. The fraction of sp³-hybridized carbons (Fsp3) is 0.364. The molecule has 0 aliphatic carbocycles. The summed E-state index contributed by atoms with van der Waals surface area (Å²) >= 11 is 0. The fourth-order valence-electron chi connectivity index (χ4n) is 3.89. The van der Waals surface area contributed by atoms with Gasteiger partial charge in [-0.25, -0.2) is 4.39 Å². The SMILES string of the molecule is NCCc1ccc(Oc2ccc(F)c(C(=O)N3CCN4CCNC(=O)C4C3)c2)cc1. The van der Waals surface area contributed by atoms with Crippen molar-refractivity contribution < 1.29 is 18.7 Å². The standard InChI is InChI=1S/C22H25FN4O3/c23-19-6-5-17(30-16-3-1-15(2-4-16)7-8-24)13-18(19)22(29)27-12-11-26-10-9-25-21(28)20(26)14-27/h1-6,13,20H,7-12,14,24H2,(H,25,28). The fourth-order valence-corrected chi connectivity index (χ4v) is 3.89. The number of ether oxygens (including phenoxy) is 1. The topological polar surface area (TPSA) is 87.9 Å². The van der Waals surface area contributed by atoms with Crippen LogP contribution in [0.5, 0.6) is 11.5 Å². The summed E-state index contributed by atoms with van der Waals surface area (Å²) in [5.41, 5.74) is 6.60. The summed E-state index contributed by atoms with van der Waals surface area (Å²) in [5, 5.41) is 2.82. The average molecular weight is 412 g/mol. The number of nitrogens with zero attached hydrogens (tertiary/aromatic N) is 2. The zero-order valence-corrected chi connectivity index (χ0v) is 16.6. The number of hydrogen-bond acceptors (Lipinski definition) is 5. The first-order chi connectivity index (χ1) is 14.5. The third-order valence-electron chi connectivity index (χ3n) is 5.54. The maximum absolute atomic E-state index is 14.5. The van der Waals surface area contributed by atoms with Crippen LogP contribution in [-0.2, 0) is 11.2 Å². The van der Waals surface area contributed by atoms with Gasteiger partial charge in [0.1, 0.15) is 23.4 Å². The van der Waals surface area contributed by atoms with Crippen molar-refractivity contribution in [1.29, 1.82) is 0 Å². The van der Waals surface area contributed by atoms with Crippen molar-refractivity contribution in [3.8, 4) is 11.5 Å². The van der Waals surface area contributed by atoms with E-state index in [1.165, 1.54) is 23.1 Å². The van der Waals surface area contributed by atoms with Crippen LogP contribution in [0.15, 0.2) is 42.5 Å². The van der Waals surface area contributed by atoms with E-state index in [1.54, 1.807) is 0 Å². The molecule has 0 radical (unpaired) electrons. The second-order valence-electron chi connectivity index (χ2n) is 7.52. The van der Waals surface area contributed by atoms with Crippen LogP contribution >= 0.6 is 0 Å². The van der Waals surface area contributed by atoms with Gasteiger partial charge >= 0.3 is 0 Å². The van der Waals surface area contributed by atoms with Crippen molar-refractivity contribution in [3.63, 3.8) is 0 Å². The molecule has 2 aromatic rings. The minimum atomic E-state index is -0.610. The van der Waals surface area contributed by atoms with E-state index < -0.39 is 11.7 Å².